The third-order valence-corrected chi connectivity index (χ3v) is 1.50. The Kier molecular flexibility index (Phi) is 2.11. The van der Waals surface area contributed by atoms with E-state index < -0.39 is 11.9 Å². The predicted molar refractivity (Wildman–Crippen MR) is 40.1 cm³/mol. The summed E-state index contributed by atoms with van der Waals surface area (Å²) in [5.41, 5.74) is 0. The van der Waals surface area contributed by atoms with E-state index in [9.17, 15) is 4.79 Å². The van der Waals surface area contributed by atoms with Crippen LogP contribution in [-0.4, -0.2) is 24.3 Å². The van der Waals surface area contributed by atoms with Gasteiger partial charge in [-0.05, 0) is 13.8 Å². The largest absolute Gasteiger partial charge is 0.343 e. The highest BCUT2D eigenvalue weighted by Crippen LogP contribution is 2.20. The van der Waals surface area contributed by atoms with Gasteiger partial charge in [-0.15, -0.1) is 6.58 Å². The van der Waals surface area contributed by atoms with Gasteiger partial charge in [-0.2, -0.15) is 0 Å². The summed E-state index contributed by atoms with van der Waals surface area (Å²) in [5, 5.41) is 0. The molecule has 0 bridgehead atoms. The molecule has 0 aromatic rings. The molecule has 0 aliphatic carbocycles. The van der Waals surface area contributed by atoms with E-state index in [1.54, 1.807) is 13.8 Å². The van der Waals surface area contributed by atoms with Gasteiger partial charge < -0.3 is 9.47 Å². The van der Waals surface area contributed by atoms with Crippen LogP contribution in [0.1, 0.15) is 13.8 Å². The molecular weight excluding hydrogens is 144 g/mol. The normalized spacial score (nSPS) is 30.0. The van der Waals surface area contributed by atoms with Crippen molar-refractivity contribution < 1.29 is 14.3 Å². The van der Waals surface area contributed by atoms with Crippen molar-refractivity contribution in [1.29, 1.82) is 0 Å². The van der Waals surface area contributed by atoms with Gasteiger partial charge in [0, 0.05) is 0 Å². The molecule has 0 N–H and O–H groups in total. The molecule has 1 atom stereocenters. The number of hydrogen-bond donors (Lipinski definition) is 0. The molecule has 0 aromatic carbocycles. The number of carbonyl (C=O) groups excluding carboxylic acids is 1. The van der Waals surface area contributed by atoms with Crippen molar-refractivity contribution >= 4 is 5.78 Å². The maximum atomic E-state index is 11.0. The van der Waals surface area contributed by atoms with E-state index in [-0.39, 0.29) is 12.4 Å². The van der Waals surface area contributed by atoms with Crippen LogP contribution in [0.4, 0.5) is 0 Å². The molecular formula is C8H12O3. The minimum Gasteiger partial charge on any atom is -0.343 e. The third kappa shape index (κ3) is 1.88. The SMILES string of the molecule is C=CC1OC(C)(C)OCC1=O. The minimum atomic E-state index is -0.660. The van der Waals surface area contributed by atoms with E-state index in [2.05, 4.69) is 6.58 Å². The average Bonchev–Trinajstić information content (AvgIpc) is 1.94. The third-order valence-electron chi connectivity index (χ3n) is 1.50. The number of ether oxygens (including phenoxy) is 2. The first kappa shape index (κ1) is 8.43. The summed E-state index contributed by atoms with van der Waals surface area (Å²) in [6.07, 6.45) is 0.992. The van der Waals surface area contributed by atoms with Crippen molar-refractivity contribution in [1.82, 2.24) is 0 Å². The summed E-state index contributed by atoms with van der Waals surface area (Å²) in [4.78, 5) is 11.0. The van der Waals surface area contributed by atoms with Gasteiger partial charge in [0.15, 0.2) is 11.6 Å². The van der Waals surface area contributed by atoms with Crippen LogP contribution >= 0.6 is 0 Å². The minimum absolute atomic E-state index is 0.0701. The molecule has 11 heavy (non-hydrogen) atoms. The van der Waals surface area contributed by atoms with E-state index in [1.807, 2.05) is 0 Å². The van der Waals surface area contributed by atoms with Gasteiger partial charge in [0.2, 0.25) is 0 Å². The molecule has 1 aliphatic rings. The van der Waals surface area contributed by atoms with E-state index in [4.69, 9.17) is 9.47 Å². The van der Waals surface area contributed by atoms with Crippen LogP contribution < -0.4 is 0 Å². The molecule has 0 saturated carbocycles. The maximum Gasteiger partial charge on any atom is 0.191 e. The summed E-state index contributed by atoms with van der Waals surface area (Å²) in [6.45, 7) is 7.16. The predicted octanol–water partition coefficient (Wildman–Crippen LogP) is 0.893. The van der Waals surface area contributed by atoms with Crippen LogP contribution in [0.15, 0.2) is 12.7 Å². The lowest BCUT2D eigenvalue weighted by Gasteiger charge is -2.33. The molecule has 1 aliphatic heterocycles. The van der Waals surface area contributed by atoms with E-state index in [1.165, 1.54) is 6.08 Å². The van der Waals surface area contributed by atoms with Crippen molar-refractivity contribution in [3.63, 3.8) is 0 Å². The van der Waals surface area contributed by atoms with Gasteiger partial charge in [0.1, 0.15) is 12.7 Å². The second kappa shape index (κ2) is 2.75. The van der Waals surface area contributed by atoms with Gasteiger partial charge in [0.25, 0.3) is 0 Å². The lowest BCUT2D eigenvalue weighted by atomic mass is 10.2. The lowest BCUT2D eigenvalue weighted by Crippen LogP contribution is -2.45. The number of carbonyl (C=O) groups is 1. The summed E-state index contributed by atoms with van der Waals surface area (Å²) < 4.78 is 10.3. The van der Waals surface area contributed by atoms with Crippen molar-refractivity contribution in [2.24, 2.45) is 0 Å². The molecule has 3 nitrogen and oxygen atoms in total. The van der Waals surface area contributed by atoms with Gasteiger partial charge in [-0.1, -0.05) is 6.08 Å². The fraction of sp³-hybridized carbons (Fsp3) is 0.625. The Morgan fingerprint density at radius 3 is 2.82 bits per heavy atom. The first-order valence-corrected chi connectivity index (χ1v) is 3.52. The first-order chi connectivity index (χ1) is 5.05. The Morgan fingerprint density at radius 1 is 1.73 bits per heavy atom. The average molecular weight is 156 g/mol. The Bertz CT molecular complexity index is 184. The fourth-order valence-corrected chi connectivity index (χ4v) is 0.912. The molecule has 1 heterocycles. The maximum absolute atomic E-state index is 11.0. The topological polar surface area (TPSA) is 35.5 Å². The van der Waals surface area contributed by atoms with E-state index in [0.29, 0.717) is 0 Å². The summed E-state index contributed by atoms with van der Waals surface area (Å²) in [5.74, 6) is -0.730. The Hall–Kier alpha value is -0.670. The van der Waals surface area contributed by atoms with Crippen molar-refractivity contribution in [3.05, 3.63) is 12.7 Å². The second-order valence-electron chi connectivity index (χ2n) is 2.93. The molecule has 0 amide bonds. The van der Waals surface area contributed by atoms with Crippen LogP contribution in [0.25, 0.3) is 0 Å². The van der Waals surface area contributed by atoms with Gasteiger partial charge in [0.05, 0.1) is 0 Å². The number of hydrogen-bond acceptors (Lipinski definition) is 3. The second-order valence-corrected chi connectivity index (χ2v) is 2.93. The highest BCUT2D eigenvalue weighted by molar-refractivity contribution is 5.86. The standard InChI is InChI=1S/C8H12O3/c1-4-7-6(9)5-10-8(2,3)11-7/h4,7H,1,5H2,2-3H3. The Labute approximate surface area is 66.0 Å². The van der Waals surface area contributed by atoms with Crippen LogP contribution in [0.3, 0.4) is 0 Å². The highest BCUT2D eigenvalue weighted by Gasteiger charge is 2.33. The monoisotopic (exact) mass is 156 g/mol. The lowest BCUT2D eigenvalue weighted by molar-refractivity contribution is -0.249. The summed E-state index contributed by atoms with van der Waals surface area (Å²) in [7, 11) is 0. The quantitative estimate of drug-likeness (QED) is 0.529. The zero-order valence-electron chi connectivity index (χ0n) is 6.79. The van der Waals surface area contributed by atoms with E-state index in [0.717, 1.165) is 0 Å². The Morgan fingerprint density at radius 2 is 2.36 bits per heavy atom. The Balaban J connectivity index is 2.65. The van der Waals surface area contributed by atoms with Crippen LogP contribution in [0.5, 0.6) is 0 Å². The molecule has 0 spiro atoms. The zero-order chi connectivity index (χ0) is 8.48. The zero-order valence-corrected chi connectivity index (χ0v) is 6.79. The van der Waals surface area contributed by atoms with Crippen molar-refractivity contribution in [3.8, 4) is 0 Å². The molecule has 1 saturated heterocycles. The van der Waals surface area contributed by atoms with Crippen LogP contribution in [0, 0.1) is 0 Å². The number of rotatable bonds is 1. The highest BCUT2D eigenvalue weighted by atomic mass is 16.7. The molecule has 1 fully saturated rings. The van der Waals surface area contributed by atoms with Gasteiger partial charge in [-0.3, -0.25) is 4.79 Å². The molecule has 1 rings (SSSR count). The van der Waals surface area contributed by atoms with Crippen molar-refractivity contribution in [2.75, 3.05) is 6.61 Å². The first-order valence-electron chi connectivity index (χ1n) is 3.52. The summed E-state index contributed by atoms with van der Waals surface area (Å²) in [6, 6.07) is 0. The van der Waals surface area contributed by atoms with Gasteiger partial charge in [-0.25, -0.2) is 0 Å². The number of Topliss-reactive ketones (excluding diaryl/α,β-unsaturated/α-hetero) is 1. The molecule has 0 aromatic heterocycles. The molecule has 62 valence electrons. The van der Waals surface area contributed by atoms with Crippen LogP contribution in [-0.2, 0) is 14.3 Å². The number of ketones is 1. The van der Waals surface area contributed by atoms with Crippen molar-refractivity contribution in [2.45, 2.75) is 25.7 Å². The fourth-order valence-electron chi connectivity index (χ4n) is 0.912. The summed E-state index contributed by atoms with van der Waals surface area (Å²) >= 11 is 0. The van der Waals surface area contributed by atoms with Gasteiger partial charge >= 0.3 is 0 Å². The molecule has 0 radical (unpaired) electrons. The van der Waals surface area contributed by atoms with E-state index >= 15 is 0 Å². The molecule has 1 unspecified atom stereocenters. The molecule has 3 heteroatoms. The van der Waals surface area contributed by atoms with Crippen LogP contribution in [0.2, 0.25) is 0 Å². The smallest absolute Gasteiger partial charge is 0.191 e.